The van der Waals surface area contributed by atoms with E-state index in [1.54, 1.807) is 31.4 Å². The Bertz CT molecular complexity index is 601. The molecule has 0 aromatic heterocycles. The van der Waals surface area contributed by atoms with Gasteiger partial charge in [-0.1, -0.05) is 18.7 Å². The molecular formula is C16H21N3O3S. The third-order valence-electron chi connectivity index (χ3n) is 3.45. The van der Waals surface area contributed by atoms with Crippen LogP contribution in [0.25, 0.3) is 0 Å². The fraction of sp³-hybridized carbons (Fsp3) is 0.438. The average molecular weight is 335 g/mol. The molecule has 1 heterocycles. The first kappa shape index (κ1) is 17.3. The van der Waals surface area contributed by atoms with Crippen LogP contribution in [-0.4, -0.2) is 35.4 Å². The molecule has 0 spiro atoms. The van der Waals surface area contributed by atoms with Crippen molar-refractivity contribution < 1.29 is 14.3 Å². The lowest BCUT2D eigenvalue weighted by molar-refractivity contribution is -0.122. The van der Waals surface area contributed by atoms with Gasteiger partial charge in [0.25, 0.3) is 0 Å². The Balaban J connectivity index is 1.89. The van der Waals surface area contributed by atoms with Crippen molar-refractivity contribution in [3.8, 4) is 5.75 Å². The maximum Gasteiger partial charge on any atom is 0.240 e. The van der Waals surface area contributed by atoms with E-state index in [0.717, 1.165) is 12.2 Å². The van der Waals surface area contributed by atoms with Gasteiger partial charge in [-0.05, 0) is 37.6 Å². The molecule has 124 valence electrons. The van der Waals surface area contributed by atoms with Crippen LogP contribution in [0.4, 0.5) is 5.69 Å². The van der Waals surface area contributed by atoms with E-state index in [-0.39, 0.29) is 24.3 Å². The Hall–Kier alpha value is -2.02. The van der Waals surface area contributed by atoms with Crippen LogP contribution in [0.15, 0.2) is 29.3 Å². The number of nitrogens with one attached hydrogen (secondary N) is 2. The Morgan fingerprint density at radius 1 is 1.43 bits per heavy atom. The second-order valence-corrected chi connectivity index (χ2v) is 6.46. The van der Waals surface area contributed by atoms with Crippen LogP contribution < -0.4 is 15.4 Å². The second-order valence-electron chi connectivity index (χ2n) is 5.27. The smallest absolute Gasteiger partial charge is 0.240 e. The van der Waals surface area contributed by atoms with Gasteiger partial charge in [0.15, 0.2) is 5.17 Å². The second kappa shape index (κ2) is 8.01. The summed E-state index contributed by atoms with van der Waals surface area (Å²) in [5.74, 6) is 0.356. The molecule has 0 radical (unpaired) electrons. The van der Waals surface area contributed by atoms with Gasteiger partial charge in [0.05, 0.1) is 7.11 Å². The highest BCUT2D eigenvalue weighted by atomic mass is 32.2. The van der Waals surface area contributed by atoms with E-state index in [1.165, 1.54) is 11.8 Å². The van der Waals surface area contributed by atoms with Crippen LogP contribution in [0.1, 0.15) is 26.7 Å². The molecule has 1 aliphatic rings. The van der Waals surface area contributed by atoms with E-state index < -0.39 is 5.25 Å². The number of anilines is 1. The number of carbonyl (C=O) groups is 2. The van der Waals surface area contributed by atoms with Gasteiger partial charge in [-0.2, -0.15) is 0 Å². The van der Waals surface area contributed by atoms with E-state index in [4.69, 9.17) is 4.74 Å². The lowest BCUT2D eigenvalue weighted by atomic mass is 10.2. The minimum Gasteiger partial charge on any atom is -0.497 e. The number of hydrogen-bond donors (Lipinski definition) is 2. The number of carbonyl (C=O) groups excluding carboxylic acids is 2. The quantitative estimate of drug-likeness (QED) is 0.837. The number of rotatable bonds is 6. The van der Waals surface area contributed by atoms with Gasteiger partial charge >= 0.3 is 0 Å². The number of ether oxygens (including phenoxy) is 1. The number of benzene rings is 1. The predicted molar refractivity (Wildman–Crippen MR) is 93.0 cm³/mol. The van der Waals surface area contributed by atoms with E-state index in [0.29, 0.717) is 10.9 Å². The fourth-order valence-electron chi connectivity index (χ4n) is 1.95. The van der Waals surface area contributed by atoms with E-state index >= 15 is 0 Å². The van der Waals surface area contributed by atoms with Gasteiger partial charge in [-0.3, -0.25) is 14.6 Å². The van der Waals surface area contributed by atoms with E-state index in [9.17, 15) is 9.59 Å². The zero-order chi connectivity index (χ0) is 16.8. The van der Waals surface area contributed by atoms with Crippen molar-refractivity contribution in [1.29, 1.82) is 0 Å². The summed E-state index contributed by atoms with van der Waals surface area (Å²) >= 11 is 1.32. The van der Waals surface area contributed by atoms with Crippen molar-refractivity contribution in [2.24, 2.45) is 4.99 Å². The van der Waals surface area contributed by atoms with Crippen molar-refractivity contribution in [2.45, 2.75) is 38.0 Å². The highest BCUT2D eigenvalue weighted by molar-refractivity contribution is 8.15. The number of amidine groups is 1. The van der Waals surface area contributed by atoms with Gasteiger partial charge in [0, 0.05) is 18.2 Å². The largest absolute Gasteiger partial charge is 0.497 e. The average Bonchev–Trinajstić information content (AvgIpc) is 2.87. The monoisotopic (exact) mass is 335 g/mol. The summed E-state index contributed by atoms with van der Waals surface area (Å²) in [5.41, 5.74) is 0.674. The topological polar surface area (TPSA) is 79.8 Å². The summed E-state index contributed by atoms with van der Waals surface area (Å²) in [7, 11) is 1.59. The zero-order valence-electron chi connectivity index (χ0n) is 13.5. The normalized spacial score (nSPS) is 20.2. The summed E-state index contributed by atoms with van der Waals surface area (Å²) in [6.07, 6.45) is 1.02. The number of aliphatic imine (C=N–C) groups is 1. The van der Waals surface area contributed by atoms with Crippen molar-refractivity contribution in [3.05, 3.63) is 24.3 Å². The molecular weight excluding hydrogens is 314 g/mol. The molecule has 7 heteroatoms. The molecule has 1 saturated heterocycles. The van der Waals surface area contributed by atoms with Crippen LogP contribution in [0.5, 0.6) is 5.75 Å². The number of methoxy groups -OCH3 is 1. The molecule has 0 unspecified atom stereocenters. The van der Waals surface area contributed by atoms with Crippen molar-refractivity contribution in [1.82, 2.24) is 5.32 Å². The third-order valence-corrected chi connectivity index (χ3v) is 4.55. The molecule has 2 rings (SSSR count). The number of nitrogens with zero attached hydrogens (tertiary/aromatic N) is 1. The molecule has 2 atom stereocenters. The molecule has 6 nitrogen and oxygen atoms in total. The Labute approximate surface area is 140 Å². The molecule has 2 amide bonds. The predicted octanol–water partition coefficient (Wildman–Crippen LogP) is 2.41. The summed E-state index contributed by atoms with van der Waals surface area (Å²) in [4.78, 5) is 28.4. The maximum absolute atomic E-state index is 12.1. The van der Waals surface area contributed by atoms with Crippen molar-refractivity contribution >= 4 is 34.4 Å². The summed E-state index contributed by atoms with van der Waals surface area (Å²) in [6, 6.07) is 7.21. The van der Waals surface area contributed by atoms with Gasteiger partial charge in [-0.15, -0.1) is 0 Å². The zero-order valence-corrected chi connectivity index (χ0v) is 14.3. The Morgan fingerprint density at radius 2 is 2.13 bits per heavy atom. The van der Waals surface area contributed by atoms with Crippen LogP contribution >= 0.6 is 11.8 Å². The minimum absolute atomic E-state index is 0.113. The SMILES string of the molecule is CC[C@@H](C)N=C1NC(=O)[C@H](CC(=O)Nc2ccc(OC)cc2)S1. The lowest BCUT2D eigenvalue weighted by Gasteiger charge is -2.08. The molecule has 0 aliphatic carbocycles. The van der Waals surface area contributed by atoms with Crippen molar-refractivity contribution in [2.75, 3.05) is 12.4 Å². The molecule has 1 aromatic carbocycles. The highest BCUT2D eigenvalue weighted by Gasteiger charge is 2.32. The van der Waals surface area contributed by atoms with Crippen LogP contribution in [0, 0.1) is 0 Å². The van der Waals surface area contributed by atoms with Crippen LogP contribution in [0.2, 0.25) is 0 Å². The molecule has 0 saturated carbocycles. The fourth-order valence-corrected chi connectivity index (χ4v) is 3.02. The van der Waals surface area contributed by atoms with Crippen molar-refractivity contribution in [3.63, 3.8) is 0 Å². The number of thioether (sulfide) groups is 1. The summed E-state index contributed by atoms with van der Waals surface area (Å²) < 4.78 is 5.07. The Kier molecular flexibility index (Phi) is 6.04. The minimum atomic E-state index is -0.434. The first-order chi connectivity index (χ1) is 11.0. The van der Waals surface area contributed by atoms with Gasteiger partial charge in [-0.25, -0.2) is 0 Å². The van der Waals surface area contributed by atoms with Crippen LogP contribution in [0.3, 0.4) is 0 Å². The Morgan fingerprint density at radius 3 is 2.74 bits per heavy atom. The number of hydrogen-bond acceptors (Lipinski definition) is 5. The maximum atomic E-state index is 12.1. The molecule has 0 bridgehead atoms. The molecule has 1 aromatic rings. The van der Waals surface area contributed by atoms with Gasteiger partial charge in [0.1, 0.15) is 11.0 Å². The van der Waals surface area contributed by atoms with Gasteiger partial charge < -0.3 is 15.4 Å². The van der Waals surface area contributed by atoms with Gasteiger partial charge in [0.2, 0.25) is 11.8 Å². The number of amides is 2. The molecule has 1 aliphatic heterocycles. The third kappa shape index (κ3) is 4.99. The lowest BCUT2D eigenvalue weighted by Crippen LogP contribution is -2.28. The molecule has 1 fully saturated rings. The first-order valence-corrected chi connectivity index (χ1v) is 8.39. The molecule has 2 N–H and O–H groups in total. The van der Waals surface area contributed by atoms with E-state index in [2.05, 4.69) is 15.6 Å². The molecule has 23 heavy (non-hydrogen) atoms. The first-order valence-electron chi connectivity index (χ1n) is 7.51. The van der Waals surface area contributed by atoms with E-state index in [1.807, 2.05) is 13.8 Å². The standard InChI is InChI=1S/C16H21N3O3S/c1-4-10(2)17-16-19-15(21)13(23-16)9-14(20)18-11-5-7-12(22-3)8-6-11/h5-8,10,13H,4,9H2,1-3H3,(H,18,20)(H,17,19,21)/t10-,13+/m1/s1. The summed E-state index contributed by atoms with van der Waals surface area (Å²) in [5, 5.41) is 5.68. The highest BCUT2D eigenvalue weighted by Crippen LogP contribution is 2.24. The summed E-state index contributed by atoms with van der Waals surface area (Å²) in [6.45, 7) is 4.03. The van der Waals surface area contributed by atoms with Crippen LogP contribution in [-0.2, 0) is 9.59 Å².